The molecule has 0 bridgehead atoms. The number of amides is 1. The van der Waals surface area contributed by atoms with Crippen molar-refractivity contribution >= 4 is 33.8 Å². The summed E-state index contributed by atoms with van der Waals surface area (Å²) in [6.45, 7) is 1.25. The monoisotopic (exact) mass is 336 g/mol. The maximum atomic E-state index is 12.8. The Morgan fingerprint density at radius 3 is 2.60 bits per heavy atom. The van der Waals surface area contributed by atoms with Crippen LogP contribution in [-0.4, -0.2) is 24.6 Å². The average Bonchev–Trinajstić information content (AvgIpc) is 2.60. The molecule has 0 saturated heterocycles. The molecule has 3 N–H and O–H groups in total. The first-order valence-electron chi connectivity index (χ1n) is 7.57. The summed E-state index contributed by atoms with van der Waals surface area (Å²) in [7, 11) is 1.55. The fourth-order valence-electron chi connectivity index (χ4n) is 2.77. The van der Waals surface area contributed by atoms with Crippen LogP contribution >= 0.6 is 0 Å². The van der Waals surface area contributed by atoms with Crippen LogP contribution in [0, 0.1) is 0 Å². The van der Waals surface area contributed by atoms with Gasteiger partial charge in [-0.1, -0.05) is 24.3 Å². The lowest BCUT2D eigenvalue weighted by molar-refractivity contribution is -0.120. The second kappa shape index (κ2) is 6.24. The number of hydrogen-bond acceptors (Lipinski definition) is 5. The first-order valence-corrected chi connectivity index (χ1v) is 7.57. The molecule has 0 unspecified atom stereocenters. The first-order chi connectivity index (χ1) is 11.9. The maximum Gasteiger partial charge on any atom is 0.221 e. The standard InChI is InChI=1S/C19H16N2O4/c1-10(22)21-18-17(20)16(23)9-15(19(18)24)13-5-3-4-11-6-7-12(25-2)8-14(11)13/h3-9H,20H2,1-2H3,(H,21,22). The van der Waals surface area contributed by atoms with Gasteiger partial charge in [-0.25, -0.2) is 0 Å². The molecule has 0 atom stereocenters. The van der Waals surface area contributed by atoms with Crippen molar-refractivity contribution in [3.05, 3.63) is 59.4 Å². The highest BCUT2D eigenvalue weighted by molar-refractivity contribution is 6.38. The summed E-state index contributed by atoms with van der Waals surface area (Å²) in [5, 5.41) is 4.01. The predicted molar refractivity (Wildman–Crippen MR) is 93.5 cm³/mol. The summed E-state index contributed by atoms with van der Waals surface area (Å²) >= 11 is 0. The fraction of sp³-hybridized carbons (Fsp3) is 0.105. The minimum atomic E-state index is -0.516. The molecule has 0 heterocycles. The lowest BCUT2D eigenvalue weighted by Crippen LogP contribution is -2.34. The van der Waals surface area contributed by atoms with Gasteiger partial charge in [0.1, 0.15) is 17.1 Å². The number of benzene rings is 2. The Bertz CT molecular complexity index is 986. The second-order valence-electron chi connectivity index (χ2n) is 5.61. The van der Waals surface area contributed by atoms with E-state index in [-0.39, 0.29) is 17.0 Å². The number of nitrogens with one attached hydrogen (secondary N) is 1. The van der Waals surface area contributed by atoms with E-state index < -0.39 is 17.5 Å². The number of nitrogens with two attached hydrogens (primary N) is 1. The highest BCUT2D eigenvalue weighted by Gasteiger charge is 2.29. The van der Waals surface area contributed by atoms with Crippen LogP contribution < -0.4 is 15.8 Å². The fourth-order valence-corrected chi connectivity index (χ4v) is 2.77. The van der Waals surface area contributed by atoms with Gasteiger partial charge >= 0.3 is 0 Å². The molecule has 6 nitrogen and oxygen atoms in total. The molecule has 6 heteroatoms. The van der Waals surface area contributed by atoms with Crippen LogP contribution in [0.3, 0.4) is 0 Å². The third kappa shape index (κ3) is 2.89. The number of carbonyl (C=O) groups is 3. The summed E-state index contributed by atoms with van der Waals surface area (Å²) in [5.41, 5.74) is 6.00. The number of Topliss-reactive ketones (excluding diaryl/α,β-unsaturated/α-hetero) is 1. The number of allylic oxidation sites excluding steroid dienone is 2. The molecule has 2 aromatic carbocycles. The van der Waals surface area contributed by atoms with Gasteiger partial charge in [0.25, 0.3) is 0 Å². The lowest BCUT2D eigenvalue weighted by atomic mass is 9.89. The van der Waals surface area contributed by atoms with Crippen molar-refractivity contribution in [3.63, 3.8) is 0 Å². The van der Waals surface area contributed by atoms with E-state index in [1.54, 1.807) is 25.3 Å². The molecule has 1 aliphatic rings. The van der Waals surface area contributed by atoms with E-state index in [2.05, 4.69) is 5.32 Å². The average molecular weight is 336 g/mol. The van der Waals surface area contributed by atoms with E-state index in [0.29, 0.717) is 11.3 Å². The Morgan fingerprint density at radius 2 is 1.92 bits per heavy atom. The lowest BCUT2D eigenvalue weighted by Gasteiger charge is -2.18. The molecule has 25 heavy (non-hydrogen) atoms. The van der Waals surface area contributed by atoms with E-state index >= 15 is 0 Å². The Labute approximate surface area is 144 Å². The Balaban J connectivity index is 2.18. The van der Waals surface area contributed by atoms with Gasteiger partial charge in [0.05, 0.1) is 7.11 Å². The zero-order chi connectivity index (χ0) is 18.1. The van der Waals surface area contributed by atoms with Gasteiger partial charge < -0.3 is 15.8 Å². The maximum absolute atomic E-state index is 12.8. The highest BCUT2D eigenvalue weighted by atomic mass is 16.5. The molecule has 126 valence electrons. The van der Waals surface area contributed by atoms with Crippen LogP contribution in [-0.2, 0) is 14.4 Å². The first kappa shape index (κ1) is 16.4. The van der Waals surface area contributed by atoms with Crippen molar-refractivity contribution in [2.75, 3.05) is 7.11 Å². The topological polar surface area (TPSA) is 98.5 Å². The zero-order valence-electron chi connectivity index (χ0n) is 13.8. The predicted octanol–water partition coefficient (Wildman–Crippen LogP) is 1.69. The minimum absolute atomic E-state index is 0.182. The molecule has 1 aliphatic carbocycles. The summed E-state index contributed by atoms with van der Waals surface area (Å²) in [6, 6.07) is 10.9. The molecule has 1 amide bonds. The minimum Gasteiger partial charge on any atom is -0.497 e. The highest BCUT2D eigenvalue weighted by Crippen LogP contribution is 2.32. The quantitative estimate of drug-likeness (QED) is 0.831. The molecular formula is C19H16N2O4. The molecule has 0 fully saturated rings. The van der Waals surface area contributed by atoms with Gasteiger partial charge in [-0.2, -0.15) is 0 Å². The third-order valence-corrected chi connectivity index (χ3v) is 3.96. The second-order valence-corrected chi connectivity index (χ2v) is 5.61. The normalized spacial score (nSPS) is 14.6. The number of hydrogen-bond donors (Lipinski definition) is 2. The van der Waals surface area contributed by atoms with Gasteiger partial charge in [0, 0.05) is 12.5 Å². The zero-order valence-corrected chi connectivity index (χ0v) is 13.8. The van der Waals surface area contributed by atoms with Crippen molar-refractivity contribution in [3.8, 4) is 5.75 Å². The number of ether oxygens (including phenoxy) is 1. The SMILES string of the molecule is COc1ccc2cccc(C3=CC(=O)C(N)=C(NC(C)=O)C3=O)c2c1. The molecule has 2 aromatic rings. The number of ketones is 2. The Kier molecular flexibility index (Phi) is 4.10. The summed E-state index contributed by atoms with van der Waals surface area (Å²) < 4.78 is 5.25. The van der Waals surface area contributed by atoms with Gasteiger partial charge in [-0.3, -0.25) is 14.4 Å². The van der Waals surface area contributed by atoms with E-state index in [0.717, 1.165) is 10.8 Å². The largest absolute Gasteiger partial charge is 0.497 e. The van der Waals surface area contributed by atoms with Crippen molar-refractivity contribution < 1.29 is 19.1 Å². The summed E-state index contributed by atoms with van der Waals surface area (Å²) in [4.78, 5) is 36.3. The van der Waals surface area contributed by atoms with Crippen LogP contribution in [0.1, 0.15) is 12.5 Å². The summed E-state index contributed by atoms with van der Waals surface area (Å²) in [6.07, 6.45) is 1.21. The van der Waals surface area contributed by atoms with Gasteiger partial charge in [0.2, 0.25) is 17.5 Å². The molecule has 3 rings (SSSR count). The number of methoxy groups -OCH3 is 1. The van der Waals surface area contributed by atoms with Crippen molar-refractivity contribution in [2.45, 2.75) is 6.92 Å². The van der Waals surface area contributed by atoms with E-state index in [9.17, 15) is 14.4 Å². The van der Waals surface area contributed by atoms with E-state index in [4.69, 9.17) is 10.5 Å². The van der Waals surface area contributed by atoms with Gasteiger partial charge in [0.15, 0.2) is 0 Å². The Hall–Kier alpha value is -3.41. The Morgan fingerprint density at radius 1 is 1.16 bits per heavy atom. The van der Waals surface area contributed by atoms with Gasteiger partial charge in [-0.05, 0) is 34.5 Å². The molecule has 0 radical (unpaired) electrons. The van der Waals surface area contributed by atoms with E-state index in [1.165, 1.54) is 13.0 Å². The van der Waals surface area contributed by atoms with Crippen LogP contribution in [0.25, 0.3) is 16.3 Å². The van der Waals surface area contributed by atoms with Crippen molar-refractivity contribution in [1.82, 2.24) is 5.32 Å². The summed E-state index contributed by atoms with van der Waals surface area (Å²) in [5.74, 6) is -0.854. The molecule has 0 aromatic heterocycles. The van der Waals surface area contributed by atoms with Crippen molar-refractivity contribution in [1.29, 1.82) is 0 Å². The molecule has 0 aliphatic heterocycles. The van der Waals surface area contributed by atoms with E-state index in [1.807, 2.05) is 18.2 Å². The van der Waals surface area contributed by atoms with Crippen LogP contribution in [0.15, 0.2) is 53.9 Å². The number of rotatable bonds is 3. The number of carbonyl (C=O) groups excluding carboxylic acids is 3. The van der Waals surface area contributed by atoms with Crippen LogP contribution in [0.5, 0.6) is 5.75 Å². The third-order valence-electron chi connectivity index (χ3n) is 3.96. The van der Waals surface area contributed by atoms with Gasteiger partial charge in [-0.15, -0.1) is 0 Å². The van der Waals surface area contributed by atoms with Crippen LogP contribution in [0.2, 0.25) is 0 Å². The number of fused-ring (bicyclic) bond motifs is 1. The van der Waals surface area contributed by atoms with Crippen LogP contribution in [0.4, 0.5) is 0 Å². The smallest absolute Gasteiger partial charge is 0.221 e. The molecule has 0 spiro atoms. The molecular weight excluding hydrogens is 320 g/mol. The van der Waals surface area contributed by atoms with Crippen molar-refractivity contribution in [2.24, 2.45) is 5.73 Å². The molecule has 0 saturated carbocycles.